The minimum absolute atomic E-state index is 0.221. The van der Waals surface area contributed by atoms with Gasteiger partial charge in [-0.25, -0.2) is 0 Å². The molecule has 0 spiro atoms. The van der Waals surface area contributed by atoms with Crippen molar-refractivity contribution in [2.24, 2.45) is 0 Å². The highest BCUT2D eigenvalue weighted by Crippen LogP contribution is 1.81. The van der Waals surface area contributed by atoms with Crippen LogP contribution in [0.4, 0.5) is 0 Å². The maximum atomic E-state index is 10.0. The maximum Gasteiger partial charge on any atom is 0.264 e. The Morgan fingerprint density at radius 3 is 1.90 bits per heavy atom. The van der Waals surface area contributed by atoms with E-state index in [1.54, 1.807) is 6.92 Å². The average Bonchev–Trinajstić information content (AvgIpc) is 1.63. The summed E-state index contributed by atoms with van der Waals surface area (Å²) in [6.45, 7) is 1.85. The SMILES string of the molecule is CCOS(C)(=O)=O.[N-]=[N+]=O. The molecule has 0 atom stereocenters. The molecule has 0 aliphatic heterocycles. The van der Waals surface area contributed by atoms with E-state index in [9.17, 15) is 8.42 Å². The molecular weight excluding hydrogens is 160 g/mol. The Hall–Kier alpha value is -0.780. The molecule has 0 aromatic rings. The third-order valence-corrected chi connectivity index (χ3v) is 0.996. The van der Waals surface area contributed by atoms with Crippen LogP contribution in [0, 0.1) is 4.91 Å². The Kier molecular flexibility index (Phi) is 7.58. The molecule has 6 nitrogen and oxygen atoms in total. The second kappa shape index (κ2) is 6.34. The second-order valence-electron chi connectivity index (χ2n) is 1.19. The first-order valence-electron chi connectivity index (χ1n) is 2.29. The first-order chi connectivity index (χ1) is 4.47. The van der Waals surface area contributed by atoms with E-state index in [2.05, 4.69) is 4.18 Å². The normalized spacial score (nSPS) is 9.00. The van der Waals surface area contributed by atoms with Crippen LogP contribution in [0.25, 0.3) is 5.53 Å². The van der Waals surface area contributed by atoms with Crippen LogP contribution in [0.5, 0.6) is 0 Å². The van der Waals surface area contributed by atoms with Crippen molar-refractivity contribution in [1.29, 1.82) is 0 Å². The highest BCUT2D eigenvalue weighted by Gasteiger charge is 1.94. The Morgan fingerprint density at radius 2 is 1.90 bits per heavy atom. The summed E-state index contributed by atoms with van der Waals surface area (Å²) in [7, 11) is -3.17. The molecule has 0 radical (unpaired) electrons. The van der Waals surface area contributed by atoms with Gasteiger partial charge >= 0.3 is 0 Å². The third kappa shape index (κ3) is 26.9. The molecule has 0 N–H and O–H groups in total. The minimum Gasteiger partial charge on any atom is -0.294 e. The number of hydrogen-bond donors (Lipinski definition) is 0. The molecular formula is C3H8N2O4S. The smallest absolute Gasteiger partial charge is 0.264 e. The topological polar surface area (TPSA) is 96.8 Å². The second-order valence-corrected chi connectivity index (χ2v) is 2.84. The van der Waals surface area contributed by atoms with Crippen molar-refractivity contribution < 1.29 is 12.6 Å². The Bertz CT molecular complexity index is 191. The van der Waals surface area contributed by atoms with Crippen molar-refractivity contribution in [3.63, 3.8) is 0 Å². The summed E-state index contributed by atoms with van der Waals surface area (Å²) in [6, 6.07) is 0. The molecule has 0 saturated carbocycles. The monoisotopic (exact) mass is 168 g/mol. The molecule has 10 heavy (non-hydrogen) atoms. The summed E-state index contributed by atoms with van der Waals surface area (Å²) >= 11 is 0. The number of rotatable bonds is 2. The zero-order valence-electron chi connectivity index (χ0n) is 5.64. The van der Waals surface area contributed by atoms with E-state index >= 15 is 0 Å². The van der Waals surface area contributed by atoms with Crippen LogP contribution >= 0.6 is 0 Å². The lowest BCUT2D eigenvalue weighted by molar-refractivity contribution is 0.342. The first-order valence-corrected chi connectivity index (χ1v) is 4.10. The van der Waals surface area contributed by atoms with Gasteiger partial charge in [0.2, 0.25) is 0 Å². The van der Waals surface area contributed by atoms with Crippen molar-refractivity contribution in [2.75, 3.05) is 12.9 Å². The lowest BCUT2D eigenvalue weighted by Gasteiger charge is -1.90. The summed E-state index contributed by atoms with van der Waals surface area (Å²) in [5.74, 6) is 0. The van der Waals surface area contributed by atoms with E-state index in [1.165, 1.54) is 4.97 Å². The van der Waals surface area contributed by atoms with Crippen LogP contribution < -0.4 is 4.97 Å². The fourth-order valence-corrected chi connectivity index (χ4v) is 0.642. The summed E-state index contributed by atoms with van der Waals surface area (Å²) in [5.41, 5.74) is 6.64. The molecule has 0 aromatic carbocycles. The van der Waals surface area contributed by atoms with E-state index in [-0.39, 0.29) is 6.61 Å². The molecule has 0 aliphatic carbocycles. The molecule has 0 aliphatic rings. The van der Waals surface area contributed by atoms with Gasteiger partial charge in [0.1, 0.15) is 4.97 Å². The van der Waals surface area contributed by atoms with Crippen LogP contribution in [-0.4, -0.2) is 21.3 Å². The van der Waals surface area contributed by atoms with Crippen LogP contribution in [-0.2, 0) is 14.3 Å². The maximum absolute atomic E-state index is 10.0. The number of nitroso groups, excluding NO2 is 1. The molecule has 0 unspecified atom stereocenters. The van der Waals surface area contributed by atoms with E-state index in [0.717, 1.165) is 6.26 Å². The molecule has 0 heterocycles. The van der Waals surface area contributed by atoms with Gasteiger partial charge < -0.3 is 0 Å². The van der Waals surface area contributed by atoms with Crippen LogP contribution in [0.3, 0.4) is 0 Å². The zero-order chi connectivity index (χ0) is 8.62. The predicted octanol–water partition coefficient (Wildman–Crippen LogP) is -0.176. The van der Waals surface area contributed by atoms with Crippen molar-refractivity contribution in [3.05, 3.63) is 10.4 Å². The fraction of sp³-hybridized carbons (Fsp3) is 1.00. The van der Waals surface area contributed by atoms with Gasteiger partial charge in [0.05, 0.1) is 12.9 Å². The van der Waals surface area contributed by atoms with E-state index in [1.807, 2.05) is 0 Å². The molecule has 0 rings (SSSR count). The molecule has 0 saturated heterocycles. The lowest BCUT2D eigenvalue weighted by Crippen LogP contribution is -2.00. The zero-order valence-corrected chi connectivity index (χ0v) is 6.46. The molecule has 0 fully saturated rings. The van der Waals surface area contributed by atoms with Crippen LogP contribution in [0.2, 0.25) is 0 Å². The quantitative estimate of drug-likeness (QED) is 0.324. The molecule has 7 heteroatoms. The standard InChI is InChI=1S/C3H8O3S.N2O/c1-3-6-7(2,4)5;1-2-3/h3H2,1-2H3;. The lowest BCUT2D eigenvalue weighted by atomic mass is 10.9. The number of hydrogen-bond acceptors (Lipinski definition) is 4. The van der Waals surface area contributed by atoms with Gasteiger partial charge in [0.25, 0.3) is 10.1 Å². The van der Waals surface area contributed by atoms with Crippen molar-refractivity contribution in [2.45, 2.75) is 6.92 Å². The van der Waals surface area contributed by atoms with Gasteiger partial charge in [-0.15, -0.1) is 0 Å². The van der Waals surface area contributed by atoms with E-state index in [0.29, 0.717) is 0 Å². The summed E-state index contributed by atoms with van der Waals surface area (Å²) < 4.78 is 24.2. The van der Waals surface area contributed by atoms with Crippen molar-refractivity contribution >= 4 is 10.1 Å². The molecule has 0 bridgehead atoms. The van der Waals surface area contributed by atoms with Crippen LogP contribution in [0.1, 0.15) is 6.92 Å². The van der Waals surface area contributed by atoms with E-state index < -0.39 is 10.1 Å². The Morgan fingerprint density at radius 1 is 1.60 bits per heavy atom. The van der Waals surface area contributed by atoms with Gasteiger partial charge in [-0.2, -0.15) is 8.42 Å². The molecule has 0 amide bonds. The first kappa shape index (κ1) is 12.0. The van der Waals surface area contributed by atoms with Gasteiger partial charge in [-0.1, -0.05) is 0 Å². The molecule has 60 valence electrons. The van der Waals surface area contributed by atoms with Crippen LogP contribution in [0.15, 0.2) is 0 Å². The highest BCUT2D eigenvalue weighted by atomic mass is 32.2. The summed E-state index contributed by atoms with van der Waals surface area (Å²) in [4.78, 5) is 9.36. The number of nitrogens with zero attached hydrogens (tertiary/aromatic N) is 2. The summed E-state index contributed by atoms with van der Waals surface area (Å²) in [5, 5.41) is 0. The Balaban J connectivity index is 0. The van der Waals surface area contributed by atoms with E-state index in [4.69, 9.17) is 10.4 Å². The fourth-order valence-electron chi connectivity index (χ4n) is 0.214. The molecule has 0 aromatic heterocycles. The van der Waals surface area contributed by atoms with Gasteiger partial charge in [-0.05, 0) is 6.92 Å². The van der Waals surface area contributed by atoms with Gasteiger partial charge in [0, 0.05) is 0 Å². The highest BCUT2D eigenvalue weighted by molar-refractivity contribution is 7.85. The van der Waals surface area contributed by atoms with Crippen molar-refractivity contribution in [3.8, 4) is 0 Å². The van der Waals surface area contributed by atoms with Gasteiger partial charge in [0.15, 0.2) is 4.91 Å². The summed E-state index contributed by atoms with van der Waals surface area (Å²) in [6.07, 6.45) is 1.02. The minimum atomic E-state index is -3.17. The predicted molar refractivity (Wildman–Crippen MR) is 35.3 cm³/mol. The largest absolute Gasteiger partial charge is 0.294 e. The third-order valence-electron chi connectivity index (χ3n) is 0.332. The van der Waals surface area contributed by atoms with Gasteiger partial charge in [-0.3, -0.25) is 9.71 Å². The van der Waals surface area contributed by atoms with Crippen molar-refractivity contribution in [1.82, 2.24) is 4.97 Å². The average molecular weight is 168 g/mol. The Labute approximate surface area is 58.8 Å².